The van der Waals surface area contributed by atoms with Gasteiger partial charge in [-0.05, 0) is 26.0 Å². The van der Waals surface area contributed by atoms with Gasteiger partial charge in [0.05, 0.1) is 5.92 Å². The predicted octanol–water partition coefficient (Wildman–Crippen LogP) is 1.57. The average Bonchev–Trinajstić information content (AvgIpc) is 2.36. The molecule has 0 radical (unpaired) electrons. The van der Waals surface area contributed by atoms with Crippen molar-refractivity contribution in [3.8, 4) is 5.75 Å². The third-order valence-corrected chi connectivity index (χ3v) is 2.78. The molecule has 1 aromatic carbocycles. The van der Waals surface area contributed by atoms with E-state index in [9.17, 15) is 18.4 Å². The number of rotatable bonds is 6. The van der Waals surface area contributed by atoms with Crippen molar-refractivity contribution in [1.82, 2.24) is 5.32 Å². The first-order chi connectivity index (χ1) is 9.31. The van der Waals surface area contributed by atoms with Crippen LogP contribution in [0.15, 0.2) is 18.2 Å². The van der Waals surface area contributed by atoms with Gasteiger partial charge in [0.2, 0.25) is 0 Å². The lowest BCUT2D eigenvalue weighted by Crippen LogP contribution is -2.42. The van der Waals surface area contributed by atoms with Crippen molar-refractivity contribution in [2.24, 2.45) is 5.92 Å². The molecule has 0 bridgehead atoms. The highest BCUT2D eigenvalue weighted by Gasteiger charge is 2.21. The van der Waals surface area contributed by atoms with Crippen LogP contribution in [0.2, 0.25) is 0 Å². The van der Waals surface area contributed by atoms with Crippen molar-refractivity contribution >= 4 is 11.9 Å². The second kappa shape index (κ2) is 6.83. The number of hydrogen-bond acceptors (Lipinski definition) is 3. The van der Waals surface area contributed by atoms with E-state index in [2.05, 4.69) is 5.32 Å². The van der Waals surface area contributed by atoms with Crippen LogP contribution in [0.3, 0.4) is 0 Å². The largest absolute Gasteiger partial charge is 0.481 e. The van der Waals surface area contributed by atoms with Gasteiger partial charge in [-0.2, -0.15) is 0 Å². The maximum absolute atomic E-state index is 13.2. The maximum Gasteiger partial charge on any atom is 0.308 e. The van der Waals surface area contributed by atoms with E-state index in [1.54, 1.807) is 0 Å². The Morgan fingerprint density at radius 2 is 2.00 bits per heavy atom. The van der Waals surface area contributed by atoms with E-state index < -0.39 is 42.1 Å². The highest BCUT2D eigenvalue weighted by Crippen LogP contribution is 2.17. The number of ether oxygens (including phenoxy) is 1. The third kappa shape index (κ3) is 4.49. The minimum Gasteiger partial charge on any atom is -0.481 e. The van der Waals surface area contributed by atoms with Crippen LogP contribution >= 0.6 is 0 Å². The van der Waals surface area contributed by atoms with E-state index >= 15 is 0 Å². The highest BCUT2D eigenvalue weighted by atomic mass is 19.1. The maximum atomic E-state index is 13.2. The average molecular weight is 287 g/mol. The zero-order chi connectivity index (χ0) is 15.3. The summed E-state index contributed by atoms with van der Waals surface area (Å²) < 4.78 is 30.8. The standard InChI is InChI=1S/C13H15F2NO4/c1-7(13(18)19)8(2)16-12(17)6-20-11-4-3-9(14)5-10(11)15/h3-5,7-8H,6H2,1-2H3,(H,16,17)(H,18,19). The molecule has 2 unspecified atom stereocenters. The Morgan fingerprint density at radius 1 is 1.35 bits per heavy atom. The summed E-state index contributed by atoms with van der Waals surface area (Å²) in [4.78, 5) is 22.2. The fourth-order valence-corrected chi connectivity index (χ4v) is 1.37. The van der Waals surface area contributed by atoms with Crippen LogP contribution in [-0.4, -0.2) is 29.6 Å². The number of aliphatic carboxylic acids is 1. The molecule has 0 aliphatic heterocycles. The van der Waals surface area contributed by atoms with Gasteiger partial charge >= 0.3 is 5.97 Å². The van der Waals surface area contributed by atoms with Crippen LogP contribution in [0.25, 0.3) is 0 Å². The molecule has 0 saturated heterocycles. The van der Waals surface area contributed by atoms with Gasteiger partial charge in [-0.3, -0.25) is 9.59 Å². The molecule has 2 N–H and O–H groups in total. The molecule has 0 aliphatic rings. The fraction of sp³-hybridized carbons (Fsp3) is 0.385. The summed E-state index contributed by atoms with van der Waals surface area (Å²) in [6, 6.07) is 2.12. The molecule has 0 heterocycles. The first kappa shape index (κ1) is 15.9. The molecule has 7 heteroatoms. The number of amides is 1. The summed E-state index contributed by atoms with van der Waals surface area (Å²) in [5, 5.41) is 11.2. The lowest BCUT2D eigenvalue weighted by atomic mass is 10.0. The minimum absolute atomic E-state index is 0.250. The monoisotopic (exact) mass is 287 g/mol. The molecule has 110 valence electrons. The van der Waals surface area contributed by atoms with Crippen molar-refractivity contribution in [3.05, 3.63) is 29.8 Å². The van der Waals surface area contributed by atoms with Crippen molar-refractivity contribution in [2.75, 3.05) is 6.61 Å². The Hall–Kier alpha value is -2.18. The second-order valence-corrected chi connectivity index (χ2v) is 4.35. The van der Waals surface area contributed by atoms with Gasteiger partial charge in [-0.1, -0.05) is 0 Å². The van der Waals surface area contributed by atoms with Crippen LogP contribution in [-0.2, 0) is 9.59 Å². The van der Waals surface area contributed by atoms with Crippen molar-refractivity contribution in [3.63, 3.8) is 0 Å². The molecular formula is C13H15F2NO4. The fourth-order valence-electron chi connectivity index (χ4n) is 1.37. The molecule has 0 saturated carbocycles. The topological polar surface area (TPSA) is 75.6 Å². The summed E-state index contributed by atoms with van der Waals surface area (Å²) in [5.74, 6) is -4.30. The molecule has 0 fully saturated rings. The van der Waals surface area contributed by atoms with Crippen LogP contribution in [0, 0.1) is 17.6 Å². The molecule has 0 spiro atoms. The van der Waals surface area contributed by atoms with E-state index in [-0.39, 0.29) is 5.75 Å². The quantitative estimate of drug-likeness (QED) is 0.832. The van der Waals surface area contributed by atoms with Gasteiger partial charge in [0.15, 0.2) is 18.2 Å². The van der Waals surface area contributed by atoms with Crippen LogP contribution in [0.1, 0.15) is 13.8 Å². The Bertz CT molecular complexity index is 507. The molecule has 0 aliphatic carbocycles. The Kier molecular flexibility index (Phi) is 5.42. The first-order valence-corrected chi connectivity index (χ1v) is 5.91. The van der Waals surface area contributed by atoms with Crippen molar-refractivity contribution in [1.29, 1.82) is 0 Å². The second-order valence-electron chi connectivity index (χ2n) is 4.35. The number of benzene rings is 1. The SMILES string of the molecule is CC(NC(=O)COc1ccc(F)cc1F)C(C)C(=O)O. The molecule has 2 atom stereocenters. The van der Waals surface area contributed by atoms with Gasteiger partial charge in [0, 0.05) is 12.1 Å². The van der Waals surface area contributed by atoms with Crippen LogP contribution in [0.4, 0.5) is 8.78 Å². The van der Waals surface area contributed by atoms with E-state index in [4.69, 9.17) is 9.84 Å². The Labute approximate surface area is 114 Å². The number of halogens is 2. The lowest BCUT2D eigenvalue weighted by Gasteiger charge is -2.17. The van der Waals surface area contributed by atoms with Crippen molar-refractivity contribution < 1.29 is 28.2 Å². The Morgan fingerprint density at radius 3 is 2.55 bits per heavy atom. The zero-order valence-electron chi connectivity index (χ0n) is 11.0. The third-order valence-electron chi connectivity index (χ3n) is 2.78. The van der Waals surface area contributed by atoms with E-state index in [1.807, 2.05) is 0 Å². The summed E-state index contributed by atoms with van der Waals surface area (Å²) >= 11 is 0. The summed E-state index contributed by atoms with van der Waals surface area (Å²) in [7, 11) is 0. The number of carbonyl (C=O) groups is 2. The predicted molar refractivity (Wildman–Crippen MR) is 66.3 cm³/mol. The zero-order valence-corrected chi connectivity index (χ0v) is 11.0. The van der Waals surface area contributed by atoms with Crippen LogP contribution in [0.5, 0.6) is 5.75 Å². The summed E-state index contributed by atoms with van der Waals surface area (Å²) in [5.41, 5.74) is 0. The lowest BCUT2D eigenvalue weighted by molar-refractivity contribution is -0.142. The van der Waals surface area contributed by atoms with Crippen LogP contribution < -0.4 is 10.1 Å². The minimum atomic E-state index is -1.04. The molecule has 1 amide bonds. The smallest absolute Gasteiger partial charge is 0.308 e. The number of carbonyl (C=O) groups excluding carboxylic acids is 1. The molecule has 0 aromatic heterocycles. The van der Waals surface area contributed by atoms with Gasteiger partial charge in [-0.25, -0.2) is 8.78 Å². The van der Waals surface area contributed by atoms with Gasteiger partial charge in [-0.15, -0.1) is 0 Å². The van der Waals surface area contributed by atoms with Gasteiger partial charge in [0.25, 0.3) is 5.91 Å². The van der Waals surface area contributed by atoms with Gasteiger partial charge in [0.1, 0.15) is 5.82 Å². The highest BCUT2D eigenvalue weighted by molar-refractivity contribution is 5.79. The number of carboxylic acid groups (broad SMARTS) is 1. The normalized spacial score (nSPS) is 13.4. The number of nitrogens with one attached hydrogen (secondary N) is 1. The van der Waals surface area contributed by atoms with Gasteiger partial charge < -0.3 is 15.2 Å². The summed E-state index contributed by atoms with van der Waals surface area (Å²) in [6.07, 6.45) is 0. The molecule has 1 rings (SSSR count). The molecule has 20 heavy (non-hydrogen) atoms. The number of hydrogen-bond donors (Lipinski definition) is 2. The van der Waals surface area contributed by atoms with Crippen molar-refractivity contribution in [2.45, 2.75) is 19.9 Å². The summed E-state index contributed by atoms with van der Waals surface area (Å²) in [6.45, 7) is 2.50. The molecule has 5 nitrogen and oxygen atoms in total. The Balaban J connectivity index is 2.49. The van der Waals surface area contributed by atoms with E-state index in [0.717, 1.165) is 12.1 Å². The molecule has 1 aromatic rings. The van der Waals surface area contributed by atoms with E-state index in [0.29, 0.717) is 6.07 Å². The first-order valence-electron chi connectivity index (χ1n) is 5.91. The number of carboxylic acids is 1. The van der Waals surface area contributed by atoms with E-state index in [1.165, 1.54) is 13.8 Å². The molecular weight excluding hydrogens is 272 g/mol.